The standard InChI is InChI=1S/C13H23N3O/c1-4-11(17)8-16-13(10-6-5-7-10)14-12(15-16)9(2)3/h9-11,17H,4-8H2,1-3H3. The summed E-state index contributed by atoms with van der Waals surface area (Å²) < 4.78 is 1.94. The number of aliphatic hydroxyl groups excluding tert-OH is 1. The Kier molecular flexibility index (Phi) is 3.82. The molecule has 0 saturated heterocycles. The molecule has 4 heteroatoms. The van der Waals surface area contributed by atoms with E-state index < -0.39 is 0 Å². The highest BCUT2D eigenvalue weighted by Crippen LogP contribution is 2.35. The van der Waals surface area contributed by atoms with E-state index in [4.69, 9.17) is 0 Å². The fourth-order valence-corrected chi connectivity index (χ4v) is 2.05. The van der Waals surface area contributed by atoms with Crippen LogP contribution in [-0.4, -0.2) is 26.0 Å². The van der Waals surface area contributed by atoms with Gasteiger partial charge in [-0.3, -0.25) is 0 Å². The van der Waals surface area contributed by atoms with Crippen molar-refractivity contribution in [2.45, 2.75) is 70.9 Å². The number of aliphatic hydroxyl groups is 1. The van der Waals surface area contributed by atoms with Gasteiger partial charge < -0.3 is 5.11 Å². The molecule has 1 aromatic rings. The summed E-state index contributed by atoms with van der Waals surface area (Å²) in [6.45, 7) is 6.80. The van der Waals surface area contributed by atoms with Gasteiger partial charge in [0.15, 0.2) is 5.82 Å². The molecule has 0 bridgehead atoms. The van der Waals surface area contributed by atoms with Crippen molar-refractivity contribution < 1.29 is 5.11 Å². The lowest BCUT2D eigenvalue weighted by molar-refractivity contribution is 0.142. The van der Waals surface area contributed by atoms with Gasteiger partial charge in [0.2, 0.25) is 0 Å². The van der Waals surface area contributed by atoms with E-state index in [1.165, 1.54) is 19.3 Å². The van der Waals surface area contributed by atoms with E-state index >= 15 is 0 Å². The van der Waals surface area contributed by atoms with Crippen LogP contribution < -0.4 is 0 Å². The van der Waals surface area contributed by atoms with Crippen molar-refractivity contribution in [1.82, 2.24) is 14.8 Å². The summed E-state index contributed by atoms with van der Waals surface area (Å²) in [6.07, 6.45) is 4.19. The molecule has 1 aliphatic carbocycles. The molecule has 1 atom stereocenters. The van der Waals surface area contributed by atoms with Crippen molar-refractivity contribution in [1.29, 1.82) is 0 Å². The van der Waals surface area contributed by atoms with Crippen LogP contribution in [0.15, 0.2) is 0 Å². The molecule has 1 unspecified atom stereocenters. The van der Waals surface area contributed by atoms with Crippen molar-refractivity contribution in [2.75, 3.05) is 0 Å². The Bertz CT molecular complexity index is 369. The van der Waals surface area contributed by atoms with Gasteiger partial charge in [-0.25, -0.2) is 9.67 Å². The molecule has 1 aliphatic rings. The predicted octanol–water partition coefficient (Wildman–Crippen LogP) is 2.44. The molecule has 1 heterocycles. The molecule has 0 spiro atoms. The monoisotopic (exact) mass is 237 g/mol. The molecule has 96 valence electrons. The van der Waals surface area contributed by atoms with Gasteiger partial charge in [0.1, 0.15) is 5.82 Å². The van der Waals surface area contributed by atoms with Crippen LogP contribution in [-0.2, 0) is 6.54 Å². The Hall–Kier alpha value is -0.900. The molecular weight excluding hydrogens is 214 g/mol. The minimum atomic E-state index is -0.310. The van der Waals surface area contributed by atoms with E-state index in [-0.39, 0.29) is 6.10 Å². The maximum atomic E-state index is 9.77. The van der Waals surface area contributed by atoms with E-state index in [2.05, 4.69) is 23.9 Å². The third kappa shape index (κ3) is 2.68. The molecule has 1 fully saturated rings. The topological polar surface area (TPSA) is 50.9 Å². The smallest absolute Gasteiger partial charge is 0.153 e. The quantitative estimate of drug-likeness (QED) is 0.855. The molecule has 17 heavy (non-hydrogen) atoms. The Morgan fingerprint density at radius 3 is 2.59 bits per heavy atom. The normalized spacial score (nSPS) is 18.4. The Labute approximate surface area is 103 Å². The van der Waals surface area contributed by atoms with Crippen molar-refractivity contribution >= 4 is 0 Å². The summed E-state index contributed by atoms with van der Waals surface area (Å²) in [4.78, 5) is 4.66. The van der Waals surface area contributed by atoms with Gasteiger partial charge in [0.05, 0.1) is 12.6 Å². The zero-order valence-corrected chi connectivity index (χ0v) is 11.1. The van der Waals surface area contributed by atoms with Crippen LogP contribution >= 0.6 is 0 Å². The summed E-state index contributed by atoms with van der Waals surface area (Å²) >= 11 is 0. The second-order valence-corrected chi connectivity index (χ2v) is 5.35. The number of rotatable bonds is 5. The number of hydrogen-bond donors (Lipinski definition) is 1. The van der Waals surface area contributed by atoms with Crippen molar-refractivity contribution in [2.24, 2.45) is 0 Å². The molecule has 0 aliphatic heterocycles. The second kappa shape index (κ2) is 5.17. The van der Waals surface area contributed by atoms with Gasteiger partial charge in [-0.1, -0.05) is 27.2 Å². The third-order valence-corrected chi connectivity index (χ3v) is 3.56. The first-order chi connectivity index (χ1) is 8.11. The van der Waals surface area contributed by atoms with Crippen molar-refractivity contribution in [3.63, 3.8) is 0 Å². The van der Waals surface area contributed by atoms with E-state index in [9.17, 15) is 5.11 Å². The zero-order valence-electron chi connectivity index (χ0n) is 11.1. The van der Waals surface area contributed by atoms with E-state index in [1.54, 1.807) is 0 Å². The SMILES string of the molecule is CCC(O)Cn1nc(C(C)C)nc1C1CCC1. The number of aromatic nitrogens is 3. The molecule has 4 nitrogen and oxygen atoms in total. The molecular formula is C13H23N3O. The number of nitrogens with zero attached hydrogens (tertiary/aromatic N) is 3. The van der Waals surface area contributed by atoms with Gasteiger partial charge in [-0.2, -0.15) is 5.10 Å². The Morgan fingerprint density at radius 2 is 2.12 bits per heavy atom. The van der Waals surface area contributed by atoms with Crippen molar-refractivity contribution in [3.8, 4) is 0 Å². The van der Waals surface area contributed by atoms with Gasteiger partial charge in [-0.15, -0.1) is 0 Å². The summed E-state index contributed by atoms with van der Waals surface area (Å²) in [7, 11) is 0. The lowest BCUT2D eigenvalue weighted by Gasteiger charge is -2.25. The molecule has 1 aromatic heterocycles. The summed E-state index contributed by atoms with van der Waals surface area (Å²) in [6, 6.07) is 0. The van der Waals surface area contributed by atoms with Crippen LogP contribution in [0.2, 0.25) is 0 Å². The minimum Gasteiger partial charge on any atom is -0.391 e. The van der Waals surface area contributed by atoms with Gasteiger partial charge in [0, 0.05) is 11.8 Å². The molecule has 1 saturated carbocycles. The predicted molar refractivity (Wildman–Crippen MR) is 67.0 cm³/mol. The van der Waals surface area contributed by atoms with Crippen LogP contribution in [0.1, 0.15) is 69.9 Å². The Morgan fingerprint density at radius 1 is 1.41 bits per heavy atom. The highest BCUT2D eigenvalue weighted by atomic mass is 16.3. The van der Waals surface area contributed by atoms with Gasteiger partial charge in [0.25, 0.3) is 0 Å². The lowest BCUT2D eigenvalue weighted by atomic mass is 9.85. The van der Waals surface area contributed by atoms with Crippen LogP contribution in [0.4, 0.5) is 0 Å². The molecule has 0 radical (unpaired) electrons. The van der Waals surface area contributed by atoms with Gasteiger partial charge in [-0.05, 0) is 19.3 Å². The third-order valence-electron chi connectivity index (χ3n) is 3.56. The lowest BCUT2D eigenvalue weighted by Crippen LogP contribution is -2.22. The molecule has 0 aromatic carbocycles. The Balaban J connectivity index is 2.20. The average Bonchev–Trinajstić information content (AvgIpc) is 2.60. The van der Waals surface area contributed by atoms with Crippen LogP contribution in [0.25, 0.3) is 0 Å². The summed E-state index contributed by atoms with van der Waals surface area (Å²) in [5.74, 6) is 2.93. The highest BCUT2D eigenvalue weighted by Gasteiger charge is 2.26. The van der Waals surface area contributed by atoms with Crippen LogP contribution in [0, 0.1) is 0 Å². The molecule has 0 amide bonds. The average molecular weight is 237 g/mol. The molecule has 2 rings (SSSR count). The minimum absolute atomic E-state index is 0.310. The van der Waals surface area contributed by atoms with E-state index in [0.717, 1.165) is 18.1 Å². The zero-order chi connectivity index (χ0) is 12.4. The van der Waals surface area contributed by atoms with E-state index in [0.29, 0.717) is 18.4 Å². The maximum Gasteiger partial charge on any atom is 0.153 e. The summed E-state index contributed by atoms with van der Waals surface area (Å²) in [5.41, 5.74) is 0. The number of hydrogen-bond acceptors (Lipinski definition) is 3. The second-order valence-electron chi connectivity index (χ2n) is 5.35. The largest absolute Gasteiger partial charge is 0.391 e. The van der Waals surface area contributed by atoms with Crippen molar-refractivity contribution in [3.05, 3.63) is 11.6 Å². The van der Waals surface area contributed by atoms with Crippen LogP contribution in [0.3, 0.4) is 0 Å². The fraction of sp³-hybridized carbons (Fsp3) is 0.846. The highest BCUT2D eigenvalue weighted by molar-refractivity contribution is 5.06. The molecule has 1 N–H and O–H groups in total. The summed E-state index contributed by atoms with van der Waals surface area (Å²) in [5, 5.41) is 14.3. The maximum absolute atomic E-state index is 9.77. The van der Waals surface area contributed by atoms with Gasteiger partial charge >= 0.3 is 0 Å². The van der Waals surface area contributed by atoms with Crippen LogP contribution in [0.5, 0.6) is 0 Å². The fourth-order valence-electron chi connectivity index (χ4n) is 2.05. The van der Waals surface area contributed by atoms with E-state index in [1.807, 2.05) is 11.6 Å². The first-order valence-corrected chi connectivity index (χ1v) is 6.74. The first kappa shape index (κ1) is 12.6. The first-order valence-electron chi connectivity index (χ1n) is 6.74.